The van der Waals surface area contributed by atoms with E-state index in [0.29, 0.717) is 18.6 Å². The lowest BCUT2D eigenvalue weighted by Crippen LogP contribution is -2.33. The standard InChI is InChI=1S/C15H27N3.C11H18O.C3H8.C2H6/c1-4-17-8-5-14(6-9-17)7-10-18-12-15(11-16-18)13(2)3;1-2-3-7-10-12-11-8-5-4-6-9-11;1-3-2;1-2/h11-14H,4-10H2,1-3H3;11H,2,4-6,8-10H2,1H3;3H2,1-2H3;1-2H3. The SMILES string of the molecule is CC.CCC.CCC#CCOC1CCCCC1.CCN1CCC(CCn2cc(C(C)C)cn2)CC1. The summed E-state index contributed by atoms with van der Waals surface area (Å²) in [4.78, 5) is 2.56. The molecule has 2 fully saturated rings. The lowest BCUT2D eigenvalue weighted by Gasteiger charge is -2.30. The van der Waals surface area contributed by atoms with Gasteiger partial charge in [-0.2, -0.15) is 5.10 Å². The Morgan fingerprint density at radius 1 is 0.971 bits per heavy atom. The number of piperidine rings is 1. The number of hydrogen-bond acceptors (Lipinski definition) is 3. The first-order chi connectivity index (χ1) is 17.0. The van der Waals surface area contributed by atoms with E-state index in [2.05, 4.69) is 74.3 Å². The van der Waals surface area contributed by atoms with E-state index >= 15 is 0 Å². The summed E-state index contributed by atoms with van der Waals surface area (Å²) in [5.41, 5.74) is 1.36. The van der Waals surface area contributed by atoms with Gasteiger partial charge in [0.2, 0.25) is 0 Å². The number of nitrogens with zero attached hydrogens (tertiary/aromatic N) is 3. The van der Waals surface area contributed by atoms with Crippen molar-refractivity contribution in [1.82, 2.24) is 14.7 Å². The van der Waals surface area contributed by atoms with Crippen molar-refractivity contribution in [2.45, 2.75) is 138 Å². The van der Waals surface area contributed by atoms with Gasteiger partial charge in [0.1, 0.15) is 6.61 Å². The molecule has 0 bridgehead atoms. The Hall–Kier alpha value is -1.31. The van der Waals surface area contributed by atoms with Gasteiger partial charge in [-0.3, -0.25) is 4.68 Å². The van der Waals surface area contributed by atoms with Crippen molar-refractivity contribution in [1.29, 1.82) is 0 Å². The summed E-state index contributed by atoms with van der Waals surface area (Å²) < 4.78 is 7.74. The largest absolute Gasteiger partial charge is 0.366 e. The molecule has 0 unspecified atom stereocenters. The monoisotopic (exact) mass is 489 g/mol. The third-order valence-corrected chi connectivity index (χ3v) is 6.49. The Morgan fingerprint density at radius 2 is 1.60 bits per heavy atom. The summed E-state index contributed by atoms with van der Waals surface area (Å²) in [6.45, 7) is 22.5. The summed E-state index contributed by atoms with van der Waals surface area (Å²) in [7, 11) is 0. The third-order valence-electron chi connectivity index (χ3n) is 6.49. The first kappa shape index (κ1) is 33.7. The Labute approximate surface area is 219 Å². The van der Waals surface area contributed by atoms with Crippen LogP contribution >= 0.6 is 0 Å². The first-order valence-electron chi connectivity index (χ1n) is 14.9. The van der Waals surface area contributed by atoms with Crippen molar-refractivity contribution in [2.24, 2.45) is 5.92 Å². The molecular formula is C31H59N3O. The maximum atomic E-state index is 5.61. The van der Waals surface area contributed by atoms with E-state index in [4.69, 9.17) is 4.74 Å². The molecule has 0 amide bonds. The van der Waals surface area contributed by atoms with Crippen LogP contribution < -0.4 is 0 Å². The minimum Gasteiger partial charge on any atom is -0.366 e. The van der Waals surface area contributed by atoms with E-state index < -0.39 is 0 Å². The molecule has 2 aliphatic rings. The Bertz CT molecular complexity index is 629. The molecule has 1 saturated carbocycles. The highest BCUT2D eigenvalue weighted by atomic mass is 16.5. The van der Waals surface area contributed by atoms with E-state index in [-0.39, 0.29) is 0 Å². The van der Waals surface area contributed by atoms with Crippen LogP contribution in [-0.2, 0) is 11.3 Å². The van der Waals surface area contributed by atoms with Gasteiger partial charge < -0.3 is 9.64 Å². The zero-order valence-corrected chi connectivity index (χ0v) is 24.7. The van der Waals surface area contributed by atoms with E-state index in [1.165, 1.54) is 83.0 Å². The molecule has 0 radical (unpaired) electrons. The van der Waals surface area contributed by atoms with Gasteiger partial charge in [0.25, 0.3) is 0 Å². The fourth-order valence-electron chi connectivity index (χ4n) is 4.27. The van der Waals surface area contributed by atoms with Gasteiger partial charge in [-0.1, -0.05) is 87.0 Å². The number of aryl methyl sites for hydroxylation is 1. The minimum absolute atomic E-state index is 0.505. The average molecular weight is 490 g/mol. The van der Waals surface area contributed by atoms with Gasteiger partial charge in [0.15, 0.2) is 0 Å². The molecule has 4 nitrogen and oxygen atoms in total. The quantitative estimate of drug-likeness (QED) is 0.361. The van der Waals surface area contributed by atoms with Gasteiger partial charge >= 0.3 is 0 Å². The topological polar surface area (TPSA) is 30.3 Å². The van der Waals surface area contributed by atoms with Gasteiger partial charge in [0.05, 0.1) is 12.3 Å². The van der Waals surface area contributed by atoms with Gasteiger partial charge in [0, 0.05) is 19.2 Å². The molecule has 3 rings (SSSR count). The highest BCUT2D eigenvalue weighted by Gasteiger charge is 2.18. The van der Waals surface area contributed by atoms with Crippen molar-refractivity contribution in [2.75, 3.05) is 26.2 Å². The van der Waals surface area contributed by atoms with Crippen LogP contribution in [0.15, 0.2) is 12.4 Å². The molecule has 2 heterocycles. The average Bonchev–Trinajstić information content (AvgIpc) is 3.38. The van der Waals surface area contributed by atoms with E-state index in [9.17, 15) is 0 Å². The lowest BCUT2D eigenvalue weighted by atomic mass is 9.93. The maximum absolute atomic E-state index is 5.61. The fourth-order valence-corrected chi connectivity index (χ4v) is 4.27. The third kappa shape index (κ3) is 16.9. The second-order valence-electron chi connectivity index (χ2n) is 9.84. The Kier molecular flexibility index (Phi) is 22.2. The second-order valence-corrected chi connectivity index (χ2v) is 9.84. The smallest absolute Gasteiger partial charge is 0.108 e. The van der Waals surface area contributed by atoms with Crippen LogP contribution in [-0.4, -0.2) is 47.0 Å². The van der Waals surface area contributed by atoms with Crippen molar-refractivity contribution >= 4 is 0 Å². The molecule has 204 valence electrons. The van der Waals surface area contributed by atoms with Crippen LogP contribution in [0, 0.1) is 17.8 Å². The number of likely N-dealkylation sites (tertiary alicyclic amines) is 1. The van der Waals surface area contributed by atoms with E-state index in [1.54, 1.807) is 0 Å². The van der Waals surface area contributed by atoms with Crippen molar-refractivity contribution < 1.29 is 4.74 Å². The van der Waals surface area contributed by atoms with E-state index in [1.807, 2.05) is 20.0 Å². The Morgan fingerprint density at radius 3 is 2.11 bits per heavy atom. The molecule has 1 aliphatic carbocycles. The first-order valence-corrected chi connectivity index (χ1v) is 14.9. The molecule has 0 atom stereocenters. The van der Waals surface area contributed by atoms with Gasteiger partial charge in [-0.05, 0) is 69.1 Å². The number of hydrogen-bond donors (Lipinski definition) is 0. The van der Waals surface area contributed by atoms with Crippen LogP contribution in [0.5, 0.6) is 0 Å². The molecule has 1 aliphatic heterocycles. The van der Waals surface area contributed by atoms with Crippen molar-refractivity contribution in [3.63, 3.8) is 0 Å². The molecule has 1 aromatic rings. The zero-order valence-electron chi connectivity index (χ0n) is 24.7. The molecule has 1 aromatic heterocycles. The van der Waals surface area contributed by atoms with E-state index in [0.717, 1.165) is 18.9 Å². The predicted octanol–water partition coefficient (Wildman–Crippen LogP) is 8.32. The molecular weight excluding hydrogens is 430 g/mol. The Balaban J connectivity index is 0.000000589. The van der Waals surface area contributed by atoms with Gasteiger partial charge in [-0.15, -0.1) is 5.92 Å². The molecule has 0 spiro atoms. The zero-order chi connectivity index (χ0) is 26.3. The summed E-state index contributed by atoms with van der Waals surface area (Å²) in [6, 6.07) is 0. The summed E-state index contributed by atoms with van der Waals surface area (Å²) >= 11 is 0. The van der Waals surface area contributed by atoms with Crippen LogP contribution in [0.25, 0.3) is 0 Å². The molecule has 4 heteroatoms. The molecule has 35 heavy (non-hydrogen) atoms. The highest BCUT2D eigenvalue weighted by molar-refractivity contribution is 5.08. The van der Waals surface area contributed by atoms with Crippen LogP contribution in [0.4, 0.5) is 0 Å². The number of ether oxygens (including phenoxy) is 1. The summed E-state index contributed by atoms with van der Waals surface area (Å²) in [5, 5.41) is 4.46. The highest BCUT2D eigenvalue weighted by Crippen LogP contribution is 2.21. The van der Waals surface area contributed by atoms with Crippen molar-refractivity contribution in [3.05, 3.63) is 18.0 Å². The van der Waals surface area contributed by atoms with Crippen molar-refractivity contribution in [3.8, 4) is 11.8 Å². The minimum atomic E-state index is 0.505. The molecule has 0 N–H and O–H groups in total. The molecule has 1 saturated heterocycles. The molecule has 0 aromatic carbocycles. The lowest BCUT2D eigenvalue weighted by molar-refractivity contribution is 0.0497. The van der Waals surface area contributed by atoms with Gasteiger partial charge in [-0.25, -0.2) is 0 Å². The fraction of sp³-hybridized carbons (Fsp3) is 0.839. The predicted molar refractivity (Wildman–Crippen MR) is 154 cm³/mol. The number of aromatic nitrogens is 2. The summed E-state index contributed by atoms with van der Waals surface area (Å²) in [6.07, 6.45) is 17.5. The van der Waals surface area contributed by atoms with Crippen LogP contribution in [0.1, 0.15) is 131 Å². The maximum Gasteiger partial charge on any atom is 0.108 e. The second kappa shape index (κ2) is 23.1. The normalized spacial score (nSPS) is 16.6. The van der Waals surface area contributed by atoms with Crippen LogP contribution in [0.3, 0.4) is 0 Å². The number of rotatable bonds is 7. The van der Waals surface area contributed by atoms with Crippen LogP contribution in [0.2, 0.25) is 0 Å². The summed E-state index contributed by atoms with van der Waals surface area (Å²) in [5.74, 6) is 7.51.